The molecule has 0 aliphatic heterocycles. The van der Waals surface area contributed by atoms with Crippen LogP contribution in [0.2, 0.25) is 0 Å². The zero-order chi connectivity index (χ0) is 17.8. The van der Waals surface area contributed by atoms with Crippen molar-refractivity contribution in [3.63, 3.8) is 0 Å². The predicted molar refractivity (Wildman–Crippen MR) is 109 cm³/mol. The first-order valence-corrected chi connectivity index (χ1v) is 8.67. The molecule has 1 N–H and O–H groups in total. The molecule has 0 atom stereocenters. The van der Waals surface area contributed by atoms with Gasteiger partial charge in [0.25, 0.3) is 0 Å². The standard InChI is InChI=1S/C12H24O2.2C3H9N.BrH/c1-2-3-4-5-6-7-8-9-10-11-12(13)14;2*1-4(2)3;/h2-11H2,1H3,(H,13,14);2*1-3H3;1H. The van der Waals surface area contributed by atoms with E-state index in [1.54, 1.807) is 0 Å². The Kier molecular flexibility index (Phi) is 35.7. The second kappa shape index (κ2) is 26.8. The molecule has 0 aromatic rings. The Bertz CT molecular complexity index is 202. The lowest BCUT2D eigenvalue weighted by Gasteiger charge is -2.00. The van der Waals surface area contributed by atoms with E-state index in [0.717, 1.165) is 12.8 Å². The van der Waals surface area contributed by atoms with Gasteiger partial charge in [-0.05, 0) is 48.7 Å². The highest BCUT2D eigenvalue weighted by molar-refractivity contribution is 8.93. The van der Waals surface area contributed by atoms with Gasteiger partial charge in [-0.1, -0.05) is 58.3 Å². The Balaban J connectivity index is -0.000000167. The zero-order valence-electron chi connectivity index (χ0n) is 16.7. The van der Waals surface area contributed by atoms with E-state index in [2.05, 4.69) is 6.92 Å². The maximum atomic E-state index is 10.2. The van der Waals surface area contributed by atoms with Crippen LogP contribution >= 0.6 is 17.0 Å². The molecule has 0 saturated heterocycles. The first kappa shape index (κ1) is 30.7. The van der Waals surface area contributed by atoms with Crippen LogP contribution in [0.15, 0.2) is 0 Å². The number of unbranched alkanes of at least 4 members (excludes halogenated alkanes) is 8. The molecule has 0 aliphatic rings. The zero-order valence-corrected chi connectivity index (χ0v) is 18.4. The minimum atomic E-state index is -0.659. The van der Waals surface area contributed by atoms with Gasteiger partial charge in [0.05, 0.1) is 0 Å². The molecule has 23 heavy (non-hydrogen) atoms. The first-order valence-electron chi connectivity index (χ1n) is 8.67. The fourth-order valence-corrected chi connectivity index (χ4v) is 1.59. The van der Waals surface area contributed by atoms with E-state index >= 15 is 0 Å². The lowest BCUT2D eigenvalue weighted by atomic mass is 10.1. The lowest BCUT2D eigenvalue weighted by Crippen LogP contribution is -1.99. The summed E-state index contributed by atoms with van der Waals surface area (Å²) in [7, 11) is 12.0. The summed E-state index contributed by atoms with van der Waals surface area (Å²) >= 11 is 0. The second-order valence-corrected chi connectivity index (χ2v) is 6.66. The van der Waals surface area contributed by atoms with Crippen LogP contribution in [0, 0.1) is 0 Å². The van der Waals surface area contributed by atoms with Crippen LogP contribution in [-0.2, 0) is 4.79 Å². The van der Waals surface area contributed by atoms with E-state index in [1.807, 2.05) is 52.1 Å². The molecule has 4 nitrogen and oxygen atoms in total. The Morgan fingerprint density at radius 2 is 0.957 bits per heavy atom. The number of hydrogen-bond acceptors (Lipinski definition) is 3. The van der Waals surface area contributed by atoms with Crippen LogP contribution in [-0.4, -0.2) is 63.2 Å². The van der Waals surface area contributed by atoms with Gasteiger partial charge in [-0.15, -0.1) is 17.0 Å². The summed E-state index contributed by atoms with van der Waals surface area (Å²) in [6.45, 7) is 2.23. The number of aliphatic carboxylic acids is 1. The highest BCUT2D eigenvalue weighted by Gasteiger charge is 1.96. The number of rotatable bonds is 10. The molecule has 0 bridgehead atoms. The molecule has 5 heteroatoms. The van der Waals surface area contributed by atoms with Gasteiger partial charge in [-0.2, -0.15) is 0 Å². The van der Waals surface area contributed by atoms with Crippen LogP contribution in [0.25, 0.3) is 0 Å². The molecule has 0 aliphatic carbocycles. The van der Waals surface area contributed by atoms with Crippen molar-refractivity contribution < 1.29 is 9.90 Å². The molecule has 0 fully saturated rings. The summed E-state index contributed by atoms with van der Waals surface area (Å²) in [5.74, 6) is -0.659. The largest absolute Gasteiger partial charge is 0.481 e. The maximum Gasteiger partial charge on any atom is 0.303 e. The van der Waals surface area contributed by atoms with E-state index in [4.69, 9.17) is 5.11 Å². The van der Waals surface area contributed by atoms with Crippen molar-refractivity contribution in [1.82, 2.24) is 9.80 Å². The first-order chi connectivity index (χ1) is 10.2. The third kappa shape index (κ3) is 73.1. The van der Waals surface area contributed by atoms with Gasteiger partial charge >= 0.3 is 5.97 Å². The summed E-state index contributed by atoms with van der Waals surface area (Å²) in [6.07, 6.45) is 11.5. The molecule has 0 heterocycles. The second-order valence-electron chi connectivity index (χ2n) is 6.66. The Morgan fingerprint density at radius 1 is 0.696 bits per heavy atom. The van der Waals surface area contributed by atoms with Crippen molar-refractivity contribution in [3.8, 4) is 0 Å². The average molecular weight is 399 g/mol. The molecular formula is C18H43BrN2O2. The van der Waals surface area contributed by atoms with Crippen LogP contribution in [0.3, 0.4) is 0 Å². The third-order valence-corrected chi connectivity index (χ3v) is 2.49. The fourth-order valence-electron chi connectivity index (χ4n) is 1.59. The van der Waals surface area contributed by atoms with Crippen LogP contribution in [0.4, 0.5) is 0 Å². The van der Waals surface area contributed by atoms with Crippen molar-refractivity contribution in [2.75, 3.05) is 42.3 Å². The van der Waals surface area contributed by atoms with E-state index in [9.17, 15) is 4.79 Å². The van der Waals surface area contributed by atoms with Crippen LogP contribution < -0.4 is 0 Å². The highest BCUT2D eigenvalue weighted by Crippen LogP contribution is 2.10. The summed E-state index contributed by atoms with van der Waals surface area (Å²) < 4.78 is 0. The predicted octanol–water partition coefficient (Wildman–Crippen LogP) is 4.93. The van der Waals surface area contributed by atoms with Crippen molar-refractivity contribution in [3.05, 3.63) is 0 Å². The van der Waals surface area contributed by atoms with Crippen molar-refractivity contribution in [2.45, 2.75) is 71.1 Å². The molecule has 0 spiro atoms. The van der Waals surface area contributed by atoms with Crippen molar-refractivity contribution in [1.29, 1.82) is 0 Å². The smallest absolute Gasteiger partial charge is 0.303 e. The molecule has 0 unspecified atom stereocenters. The van der Waals surface area contributed by atoms with Gasteiger partial charge in [0.1, 0.15) is 0 Å². The van der Waals surface area contributed by atoms with Gasteiger partial charge in [0.2, 0.25) is 0 Å². The molecule has 144 valence electrons. The maximum absolute atomic E-state index is 10.2. The quantitative estimate of drug-likeness (QED) is 0.529. The Hall–Kier alpha value is -0.130. The number of carbonyl (C=O) groups is 1. The Labute approximate surface area is 156 Å². The molecule has 0 radical (unpaired) electrons. The molecule has 0 aromatic carbocycles. The monoisotopic (exact) mass is 398 g/mol. The normalized spacial score (nSPS) is 9.43. The third-order valence-electron chi connectivity index (χ3n) is 2.49. The summed E-state index contributed by atoms with van der Waals surface area (Å²) in [4.78, 5) is 14.2. The number of carboxylic acid groups (broad SMARTS) is 1. The van der Waals surface area contributed by atoms with Gasteiger partial charge in [0, 0.05) is 6.42 Å². The number of nitrogens with zero attached hydrogens (tertiary/aromatic N) is 2. The molecule has 0 aromatic heterocycles. The summed E-state index contributed by atoms with van der Waals surface area (Å²) in [5, 5.41) is 8.41. The SMILES string of the molecule is Br.CCCCCCCCCCCC(=O)O.CN(C)C.CN(C)C. The lowest BCUT2D eigenvalue weighted by molar-refractivity contribution is -0.137. The van der Waals surface area contributed by atoms with E-state index in [1.165, 1.54) is 44.9 Å². The van der Waals surface area contributed by atoms with Crippen molar-refractivity contribution >= 4 is 23.0 Å². The van der Waals surface area contributed by atoms with E-state index in [0.29, 0.717) is 6.42 Å². The molecule has 0 rings (SSSR count). The topological polar surface area (TPSA) is 43.8 Å². The fraction of sp³-hybridized carbons (Fsp3) is 0.944. The van der Waals surface area contributed by atoms with E-state index in [-0.39, 0.29) is 17.0 Å². The number of halogens is 1. The Morgan fingerprint density at radius 3 is 1.22 bits per heavy atom. The molecule has 0 amide bonds. The minimum absolute atomic E-state index is 0. The number of carboxylic acids is 1. The minimum Gasteiger partial charge on any atom is -0.481 e. The molecular weight excluding hydrogens is 356 g/mol. The van der Waals surface area contributed by atoms with Gasteiger partial charge < -0.3 is 14.9 Å². The number of hydrogen-bond donors (Lipinski definition) is 1. The highest BCUT2D eigenvalue weighted by atomic mass is 79.9. The van der Waals surface area contributed by atoms with Crippen LogP contribution in [0.5, 0.6) is 0 Å². The van der Waals surface area contributed by atoms with Gasteiger partial charge in [-0.3, -0.25) is 4.79 Å². The average Bonchev–Trinajstić information content (AvgIpc) is 2.35. The molecule has 0 saturated carbocycles. The van der Waals surface area contributed by atoms with Gasteiger partial charge in [0.15, 0.2) is 0 Å². The van der Waals surface area contributed by atoms with Crippen LogP contribution in [0.1, 0.15) is 71.1 Å². The summed E-state index contributed by atoms with van der Waals surface area (Å²) in [5.41, 5.74) is 0. The van der Waals surface area contributed by atoms with Gasteiger partial charge in [-0.25, -0.2) is 0 Å². The van der Waals surface area contributed by atoms with E-state index < -0.39 is 5.97 Å². The van der Waals surface area contributed by atoms with Crippen molar-refractivity contribution in [2.24, 2.45) is 0 Å². The summed E-state index contributed by atoms with van der Waals surface area (Å²) in [6, 6.07) is 0.